The van der Waals surface area contributed by atoms with Crippen molar-refractivity contribution in [3.8, 4) is 28.3 Å². The van der Waals surface area contributed by atoms with Gasteiger partial charge in [-0.2, -0.15) is 10.5 Å². The zero-order valence-electron chi connectivity index (χ0n) is 13.9. The maximum atomic E-state index is 9.72. The molecule has 0 bridgehead atoms. The van der Waals surface area contributed by atoms with E-state index in [9.17, 15) is 10.5 Å². The second-order valence-corrected chi connectivity index (χ2v) is 7.18. The van der Waals surface area contributed by atoms with Gasteiger partial charge in [-0.3, -0.25) is 0 Å². The van der Waals surface area contributed by atoms with E-state index in [1.807, 2.05) is 41.8 Å². The normalized spacial score (nSPS) is 10.1. The van der Waals surface area contributed by atoms with Gasteiger partial charge >= 0.3 is 0 Å². The molecule has 3 aromatic rings. The minimum absolute atomic E-state index is 0.142. The van der Waals surface area contributed by atoms with Gasteiger partial charge < -0.3 is 10.5 Å². The van der Waals surface area contributed by atoms with Crippen LogP contribution in [-0.4, -0.2) is 12.1 Å². The van der Waals surface area contributed by atoms with Crippen LogP contribution in [0.3, 0.4) is 0 Å². The summed E-state index contributed by atoms with van der Waals surface area (Å²) in [6.07, 6.45) is 0. The van der Waals surface area contributed by atoms with Gasteiger partial charge in [0.05, 0.1) is 12.7 Å². The second-order valence-electron chi connectivity index (χ2n) is 5.27. The van der Waals surface area contributed by atoms with Gasteiger partial charge in [-0.25, -0.2) is 4.98 Å². The van der Waals surface area contributed by atoms with Gasteiger partial charge in [0, 0.05) is 16.2 Å². The second kappa shape index (κ2) is 7.92. The van der Waals surface area contributed by atoms with Crippen molar-refractivity contribution in [2.75, 3.05) is 12.8 Å². The van der Waals surface area contributed by atoms with E-state index >= 15 is 0 Å². The summed E-state index contributed by atoms with van der Waals surface area (Å²) in [4.78, 5) is 5.14. The fraction of sp³-hybridized carbons (Fsp3) is 0.105. The van der Waals surface area contributed by atoms with Gasteiger partial charge in [-0.15, -0.1) is 23.1 Å². The minimum Gasteiger partial charge on any atom is -0.497 e. The molecule has 0 spiro atoms. The highest BCUT2D eigenvalue weighted by Crippen LogP contribution is 2.38. The van der Waals surface area contributed by atoms with Crippen LogP contribution in [0.2, 0.25) is 0 Å². The van der Waals surface area contributed by atoms with Gasteiger partial charge in [0.25, 0.3) is 0 Å². The lowest BCUT2D eigenvalue weighted by Gasteiger charge is -2.12. The summed E-state index contributed by atoms with van der Waals surface area (Å²) >= 11 is 2.88. The van der Waals surface area contributed by atoms with Gasteiger partial charge in [0.15, 0.2) is 0 Å². The number of nitrogens with two attached hydrogens (primary N) is 1. The molecule has 2 aromatic heterocycles. The van der Waals surface area contributed by atoms with Crippen LogP contribution in [0.4, 0.5) is 5.82 Å². The van der Waals surface area contributed by atoms with Crippen LogP contribution < -0.4 is 10.5 Å². The number of thioether (sulfide) groups is 1. The predicted molar refractivity (Wildman–Crippen MR) is 104 cm³/mol. The standard InChI is InChI=1S/C19H14N4OS2/c1-24-13-5-2-4-12(8-13)11-26-19-15(10-21)17(16-6-3-7-25-16)14(9-20)18(22)23-19/h2-8H,11H2,1H3,(H2,22,23). The molecule has 0 aliphatic heterocycles. The molecule has 7 heteroatoms. The summed E-state index contributed by atoms with van der Waals surface area (Å²) in [7, 11) is 1.62. The molecule has 3 rings (SSSR count). The first-order valence-corrected chi connectivity index (χ1v) is 9.47. The third-order valence-electron chi connectivity index (χ3n) is 3.69. The number of methoxy groups -OCH3 is 1. The van der Waals surface area contributed by atoms with Crippen molar-refractivity contribution >= 4 is 28.9 Å². The molecule has 0 aliphatic carbocycles. The first-order valence-electron chi connectivity index (χ1n) is 7.61. The number of pyridine rings is 1. The smallest absolute Gasteiger partial charge is 0.143 e. The topological polar surface area (TPSA) is 95.7 Å². The first kappa shape index (κ1) is 17.8. The molecule has 2 N–H and O–H groups in total. The monoisotopic (exact) mass is 378 g/mol. The number of nitrogens with zero attached hydrogens (tertiary/aromatic N) is 3. The molecule has 0 unspecified atom stereocenters. The quantitative estimate of drug-likeness (QED) is 0.660. The molecule has 0 saturated heterocycles. The lowest BCUT2D eigenvalue weighted by Crippen LogP contribution is -2.02. The molecule has 0 radical (unpaired) electrons. The summed E-state index contributed by atoms with van der Waals surface area (Å²) < 4.78 is 5.24. The highest BCUT2D eigenvalue weighted by atomic mass is 32.2. The van der Waals surface area contributed by atoms with E-state index in [0.29, 0.717) is 21.9 Å². The Morgan fingerprint density at radius 2 is 2.00 bits per heavy atom. The number of ether oxygens (including phenoxy) is 1. The van der Waals surface area contributed by atoms with Crippen molar-refractivity contribution in [1.29, 1.82) is 10.5 Å². The molecule has 5 nitrogen and oxygen atoms in total. The molecule has 0 atom stereocenters. The Kier molecular flexibility index (Phi) is 5.43. The van der Waals surface area contributed by atoms with Gasteiger partial charge in [0.2, 0.25) is 0 Å². The number of hydrogen-bond acceptors (Lipinski definition) is 7. The average Bonchev–Trinajstić information content (AvgIpc) is 3.20. The molecule has 1 aromatic carbocycles. The molecule has 0 amide bonds. The number of rotatable bonds is 5. The first-order chi connectivity index (χ1) is 12.7. The number of anilines is 1. The summed E-state index contributed by atoms with van der Waals surface area (Å²) in [5.74, 6) is 1.52. The largest absolute Gasteiger partial charge is 0.497 e. The van der Waals surface area contributed by atoms with E-state index in [4.69, 9.17) is 10.5 Å². The van der Waals surface area contributed by atoms with Crippen LogP contribution in [0, 0.1) is 22.7 Å². The van der Waals surface area contributed by atoms with E-state index in [0.717, 1.165) is 16.2 Å². The van der Waals surface area contributed by atoms with E-state index < -0.39 is 0 Å². The molecule has 0 saturated carbocycles. The number of aromatic nitrogens is 1. The Hall–Kier alpha value is -3.00. The Bertz CT molecular complexity index is 1020. The Labute approximate surface area is 159 Å². The maximum Gasteiger partial charge on any atom is 0.143 e. The fourth-order valence-corrected chi connectivity index (χ4v) is 4.20. The third-order valence-corrected chi connectivity index (χ3v) is 5.63. The van der Waals surface area contributed by atoms with Crippen LogP contribution in [-0.2, 0) is 5.75 Å². The van der Waals surface area contributed by atoms with Gasteiger partial charge in [0.1, 0.15) is 34.3 Å². The third kappa shape index (κ3) is 3.50. The summed E-state index contributed by atoms with van der Waals surface area (Å²) in [5, 5.41) is 21.6. The number of nitriles is 2. The van der Waals surface area contributed by atoms with E-state index in [-0.39, 0.29) is 11.4 Å². The van der Waals surface area contributed by atoms with Crippen molar-refractivity contribution in [3.05, 3.63) is 58.5 Å². The average molecular weight is 378 g/mol. The van der Waals surface area contributed by atoms with Gasteiger partial charge in [-0.05, 0) is 29.1 Å². The highest BCUT2D eigenvalue weighted by Gasteiger charge is 2.21. The molecule has 2 heterocycles. The molecule has 128 valence electrons. The van der Waals surface area contributed by atoms with Crippen LogP contribution in [0.15, 0.2) is 46.8 Å². The number of hydrogen-bond donors (Lipinski definition) is 1. The minimum atomic E-state index is 0.142. The molecular formula is C19H14N4OS2. The lowest BCUT2D eigenvalue weighted by atomic mass is 10.0. The van der Waals surface area contributed by atoms with Crippen LogP contribution in [0.1, 0.15) is 16.7 Å². The molecule has 0 aliphatic rings. The summed E-state index contributed by atoms with van der Waals surface area (Å²) in [5.41, 5.74) is 8.23. The lowest BCUT2D eigenvalue weighted by molar-refractivity contribution is 0.414. The van der Waals surface area contributed by atoms with Crippen LogP contribution >= 0.6 is 23.1 Å². The fourth-order valence-electron chi connectivity index (χ4n) is 2.48. The number of thiophene rings is 1. The van der Waals surface area contributed by atoms with E-state index in [1.54, 1.807) is 7.11 Å². The summed E-state index contributed by atoms with van der Waals surface area (Å²) in [6.45, 7) is 0. The van der Waals surface area contributed by atoms with E-state index in [2.05, 4.69) is 17.1 Å². The Morgan fingerprint density at radius 1 is 1.19 bits per heavy atom. The zero-order valence-corrected chi connectivity index (χ0v) is 15.5. The van der Waals surface area contributed by atoms with Gasteiger partial charge in [-0.1, -0.05) is 18.2 Å². The Morgan fingerprint density at radius 3 is 2.65 bits per heavy atom. The SMILES string of the molecule is COc1cccc(CSc2nc(N)c(C#N)c(-c3cccs3)c2C#N)c1. The van der Waals surface area contributed by atoms with Crippen LogP contribution in [0.5, 0.6) is 5.75 Å². The molecule has 0 fully saturated rings. The molecule has 26 heavy (non-hydrogen) atoms. The number of nitrogen functional groups attached to an aromatic ring is 1. The van der Waals surface area contributed by atoms with Crippen molar-refractivity contribution < 1.29 is 4.74 Å². The van der Waals surface area contributed by atoms with Crippen molar-refractivity contribution in [2.24, 2.45) is 0 Å². The van der Waals surface area contributed by atoms with E-state index in [1.165, 1.54) is 23.1 Å². The zero-order chi connectivity index (χ0) is 18.5. The van der Waals surface area contributed by atoms with Crippen LogP contribution in [0.25, 0.3) is 10.4 Å². The predicted octanol–water partition coefficient (Wildman–Crippen LogP) is 4.44. The van der Waals surface area contributed by atoms with Crippen molar-refractivity contribution in [2.45, 2.75) is 10.8 Å². The highest BCUT2D eigenvalue weighted by molar-refractivity contribution is 7.98. The Balaban J connectivity index is 2.02. The van der Waals surface area contributed by atoms with Crippen molar-refractivity contribution in [1.82, 2.24) is 4.98 Å². The summed E-state index contributed by atoms with van der Waals surface area (Å²) in [6, 6.07) is 15.7. The molecular weight excluding hydrogens is 364 g/mol. The van der Waals surface area contributed by atoms with Crippen molar-refractivity contribution in [3.63, 3.8) is 0 Å². The maximum absolute atomic E-state index is 9.72. The number of benzene rings is 1.